The third-order valence-electron chi connectivity index (χ3n) is 3.64. The van der Waals surface area contributed by atoms with Crippen molar-refractivity contribution in [3.8, 4) is 0 Å². The molecule has 13 heavy (non-hydrogen) atoms. The molecule has 0 radical (unpaired) electrons. The molecule has 0 rings (SSSR count). The highest BCUT2D eigenvalue weighted by Crippen LogP contribution is 2.36. The Kier molecular flexibility index (Phi) is 4.98. The lowest BCUT2D eigenvalue weighted by Crippen LogP contribution is -2.37. The van der Waals surface area contributed by atoms with Crippen molar-refractivity contribution in [1.82, 2.24) is 0 Å². The molecule has 0 saturated carbocycles. The molecule has 80 valence electrons. The first-order valence-electron chi connectivity index (χ1n) is 5.45. The van der Waals surface area contributed by atoms with Gasteiger partial charge in [0, 0.05) is 6.61 Å². The van der Waals surface area contributed by atoms with E-state index in [9.17, 15) is 0 Å². The van der Waals surface area contributed by atoms with Gasteiger partial charge >= 0.3 is 0 Å². The van der Waals surface area contributed by atoms with E-state index in [-0.39, 0.29) is 5.41 Å². The Labute approximate surface area is 83.9 Å². The Morgan fingerprint density at radius 1 is 1.08 bits per heavy atom. The maximum absolute atomic E-state index is 5.68. The number of ether oxygens (including phenoxy) is 1. The van der Waals surface area contributed by atoms with Crippen LogP contribution in [0.3, 0.4) is 0 Å². The molecule has 0 saturated heterocycles. The fraction of sp³-hybridized carbons (Fsp3) is 1.00. The van der Waals surface area contributed by atoms with Crippen LogP contribution in [0, 0.1) is 17.3 Å². The van der Waals surface area contributed by atoms with E-state index >= 15 is 0 Å². The molecule has 0 heterocycles. The molecule has 0 aromatic heterocycles. The summed E-state index contributed by atoms with van der Waals surface area (Å²) in [7, 11) is 0. The molecule has 0 amide bonds. The number of hydrogen-bond donors (Lipinski definition) is 0. The molecular formula is C12H26O. The Bertz CT molecular complexity index is 138. The smallest absolute Gasteiger partial charge is 0.0600 e. The van der Waals surface area contributed by atoms with Crippen molar-refractivity contribution in [2.24, 2.45) is 17.3 Å². The van der Waals surface area contributed by atoms with E-state index < -0.39 is 0 Å². The van der Waals surface area contributed by atoms with Gasteiger partial charge < -0.3 is 4.74 Å². The molecular weight excluding hydrogens is 160 g/mol. The summed E-state index contributed by atoms with van der Waals surface area (Å²) >= 11 is 0. The Morgan fingerprint density at radius 2 is 1.54 bits per heavy atom. The summed E-state index contributed by atoms with van der Waals surface area (Å²) in [6.07, 6.45) is 0.342. The van der Waals surface area contributed by atoms with Gasteiger partial charge in [-0.25, -0.2) is 0 Å². The Balaban J connectivity index is 4.35. The second-order valence-electron chi connectivity index (χ2n) is 4.95. The van der Waals surface area contributed by atoms with E-state index in [0.29, 0.717) is 12.0 Å². The Morgan fingerprint density at radius 3 is 1.85 bits per heavy atom. The molecule has 0 aromatic carbocycles. The largest absolute Gasteiger partial charge is 0.378 e. The lowest BCUT2D eigenvalue weighted by molar-refractivity contribution is -0.0426. The first-order valence-corrected chi connectivity index (χ1v) is 5.45. The van der Waals surface area contributed by atoms with Crippen molar-refractivity contribution in [2.45, 2.75) is 54.6 Å². The third kappa shape index (κ3) is 3.30. The molecule has 0 fully saturated rings. The summed E-state index contributed by atoms with van der Waals surface area (Å²) in [6.45, 7) is 16.6. The van der Waals surface area contributed by atoms with Crippen molar-refractivity contribution >= 4 is 0 Å². The molecule has 2 atom stereocenters. The summed E-state index contributed by atoms with van der Waals surface area (Å²) in [5, 5.41) is 0. The molecule has 0 aliphatic carbocycles. The lowest BCUT2D eigenvalue weighted by Gasteiger charge is -2.39. The van der Waals surface area contributed by atoms with Gasteiger partial charge in [0.25, 0.3) is 0 Å². The zero-order valence-corrected chi connectivity index (χ0v) is 10.3. The van der Waals surface area contributed by atoms with Crippen LogP contribution < -0.4 is 0 Å². The zero-order valence-electron chi connectivity index (χ0n) is 10.3. The van der Waals surface area contributed by atoms with Crippen molar-refractivity contribution in [3.63, 3.8) is 0 Å². The molecule has 0 spiro atoms. The second-order valence-corrected chi connectivity index (χ2v) is 4.95. The van der Waals surface area contributed by atoms with Crippen molar-refractivity contribution in [1.29, 1.82) is 0 Å². The van der Waals surface area contributed by atoms with Gasteiger partial charge in [0.15, 0.2) is 0 Å². The fourth-order valence-electron chi connectivity index (χ4n) is 1.69. The highest BCUT2D eigenvalue weighted by Gasteiger charge is 2.33. The SMILES string of the molecule is CCOC(C)C(C)(C)C(C)C(C)C. The van der Waals surface area contributed by atoms with Crippen LogP contribution >= 0.6 is 0 Å². The minimum atomic E-state index is 0.268. The van der Waals surface area contributed by atoms with Crippen LogP contribution in [-0.4, -0.2) is 12.7 Å². The van der Waals surface area contributed by atoms with Crippen molar-refractivity contribution in [3.05, 3.63) is 0 Å². The monoisotopic (exact) mass is 186 g/mol. The lowest BCUT2D eigenvalue weighted by atomic mass is 9.71. The Hall–Kier alpha value is -0.0400. The minimum absolute atomic E-state index is 0.268. The summed E-state index contributed by atoms with van der Waals surface area (Å²) < 4.78 is 5.68. The van der Waals surface area contributed by atoms with Crippen molar-refractivity contribution < 1.29 is 4.74 Å². The molecule has 0 aliphatic heterocycles. The van der Waals surface area contributed by atoms with E-state index in [1.807, 2.05) is 0 Å². The third-order valence-corrected chi connectivity index (χ3v) is 3.64. The van der Waals surface area contributed by atoms with E-state index in [0.717, 1.165) is 12.5 Å². The fourth-order valence-corrected chi connectivity index (χ4v) is 1.69. The van der Waals surface area contributed by atoms with Crippen LogP contribution in [0.25, 0.3) is 0 Å². The minimum Gasteiger partial charge on any atom is -0.378 e. The summed E-state index contributed by atoms with van der Waals surface area (Å²) in [4.78, 5) is 0. The van der Waals surface area contributed by atoms with Crippen LogP contribution in [-0.2, 0) is 4.74 Å². The molecule has 0 aromatic rings. The van der Waals surface area contributed by atoms with Gasteiger partial charge in [-0.1, -0.05) is 34.6 Å². The molecule has 0 N–H and O–H groups in total. The second kappa shape index (κ2) is 4.99. The first-order chi connectivity index (χ1) is 5.84. The molecule has 0 aliphatic rings. The van der Waals surface area contributed by atoms with Gasteiger partial charge in [-0.2, -0.15) is 0 Å². The van der Waals surface area contributed by atoms with Gasteiger partial charge in [-0.05, 0) is 31.1 Å². The normalized spacial score (nSPS) is 17.5. The van der Waals surface area contributed by atoms with Crippen LogP contribution in [0.5, 0.6) is 0 Å². The zero-order chi connectivity index (χ0) is 10.6. The summed E-state index contributed by atoms with van der Waals surface area (Å²) in [5.74, 6) is 1.41. The van der Waals surface area contributed by atoms with Crippen LogP contribution in [0.4, 0.5) is 0 Å². The predicted octanol–water partition coefficient (Wildman–Crippen LogP) is 3.73. The quantitative estimate of drug-likeness (QED) is 0.635. The molecule has 1 nitrogen and oxygen atoms in total. The van der Waals surface area contributed by atoms with Gasteiger partial charge in [0.05, 0.1) is 6.10 Å². The average Bonchev–Trinajstić information content (AvgIpc) is 2.03. The van der Waals surface area contributed by atoms with Crippen LogP contribution in [0.15, 0.2) is 0 Å². The summed E-state index contributed by atoms with van der Waals surface area (Å²) in [5.41, 5.74) is 0.268. The average molecular weight is 186 g/mol. The van der Waals surface area contributed by atoms with E-state index in [1.54, 1.807) is 0 Å². The van der Waals surface area contributed by atoms with Crippen LogP contribution in [0.2, 0.25) is 0 Å². The van der Waals surface area contributed by atoms with Gasteiger partial charge in [0.2, 0.25) is 0 Å². The van der Waals surface area contributed by atoms with Gasteiger partial charge in [0.1, 0.15) is 0 Å². The predicted molar refractivity (Wildman–Crippen MR) is 58.9 cm³/mol. The number of hydrogen-bond acceptors (Lipinski definition) is 1. The maximum atomic E-state index is 5.68. The highest BCUT2D eigenvalue weighted by atomic mass is 16.5. The van der Waals surface area contributed by atoms with Gasteiger partial charge in [-0.3, -0.25) is 0 Å². The van der Waals surface area contributed by atoms with E-state index in [1.165, 1.54) is 0 Å². The number of rotatable bonds is 5. The van der Waals surface area contributed by atoms with Crippen LogP contribution in [0.1, 0.15) is 48.5 Å². The first kappa shape index (κ1) is 13.0. The van der Waals surface area contributed by atoms with E-state index in [2.05, 4.69) is 48.5 Å². The van der Waals surface area contributed by atoms with Gasteiger partial charge in [-0.15, -0.1) is 0 Å². The molecule has 1 heteroatoms. The topological polar surface area (TPSA) is 9.23 Å². The highest BCUT2D eigenvalue weighted by molar-refractivity contribution is 4.82. The molecule has 2 unspecified atom stereocenters. The summed E-state index contributed by atoms with van der Waals surface area (Å²) in [6, 6.07) is 0. The van der Waals surface area contributed by atoms with E-state index in [4.69, 9.17) is 4.74 Å². The van der Waals surface area contributed by atoms with Crippen molar-refractivity contribution in [2.75, 3.05) is 6.61 Å². The standard InChI is InChI=1S/C12H26O/c1-8-13-11(5)12(6,7)10(4)9(2)3/h9-11H,8H2,1-7H3. The maximum Gasteiger partial charge on any atom is 0.0600 e. The molecule has 0 bridgehead atoms.